The number of aromatic nitrogens is 2. The quantitative estimate of drug-likeness (QED) is 0.836. The maximum Gasteiger partial charge on any atom is 0.349 e. The zero-order chi connectivity index (χ0) is 12.8. The number of hydrogen-bond donors (Lipinski definition) is 1. The second kappa shape index (κ2) is 6.11. The number of nitrogens with zero attached hydrogens (tertiary/aromatic N) is 2. The minimum atomic E-state index is -0.354. The molecule has 6 heteroatoms. The average molecular weight is 263 g/mol. The number of ether oxygens (including phenoxy) is 1. The molecule has 94 valence electrons. The van der Waals surface area contributed by atoms with Crippen LogP contribution in [0.15, 0.2) is 30.7 Å². The first kappa shape index (κ1) is 12.5. The number of pyridine rings is 1. The van der Waals surface area contributed by atoms with Crippen molar-refractivity contribution in [2.75, 3.05) is 19.0 Å². The monoisotopic (exact) mass is 263 g/mol. The number of nitrogens with one attached hydrogen (secondary N) is 1. The molecule has 0 aliphatic carbocycles. The molecule has 5 nitrogen and oxygen atoms in total. The third kappa shape index (κ3) is 3.27. The molecule has 0 atom stereocenters. The summed E-state index contributed by atoms with van der Waals surface area (Å²) in [5.74, 6) is -0.354. The molecule has 0 aromatic carbocycles. The van der Waals surface area contributed by atoms with Crippen molar-refractivity contribution >= 4 is 22.4 Å². The van der Waals surface area contributed by atoms with E-state index in [1.807, 2.05) is 18.3 Å². The lowest BCUT2D eigenvalue weighted by Gasteiger charge is -2.01. The van der Waals surface area contributed by atoms with Gasteiger partial charge in [0.15, 0.2) is 5.13 Å². The summed E-state index contributed by atoms with van der Waals surface area (Å²) < 4.78 is 4.62. The fourth-order valence-corrected chi connectivity index (χ4v) is 2.17. The third-order valence-electron chi connectivity index (χ3n) is 2.30. The van der Waals surface area contributed by atoms with Gasteiger partial charge in [-0.1, -0.05) is 17.4 Å². The van der Waals surface area contributed by atoms with Crippen LogP contribution >= 0.6 is 11.3 Å². The van der Waals surface area contributed by atoms with Gasteiger partial charge in [0.2, 0.25) is 0 Å². The average Bonchev–Trinajstić information content (AvgIpc) is 2.88. The predicted molar refractivity (Wildman–Crippen MR) is 69.9 cm³/mol. The molecule has 0 amide bonds. The van der Waals surface area contributed by atoms with Crippen LogP contribution < -0.4 is 5.32 Å². The summed E-state index contributed by atoms with van der Waals surface area (Å²) in [5.41, 5.74) is 1.16. The lowest BCUT2D eigenvalue weighted by molar-refractivity contribution is 0.0606. The fraction of sp³-hybridized carbons (Fsp3) is 0.250. The normalized spacial score (nSPS) is 10.1. The minimum Gasteiger partial charge on any atom is -0.465 e. The van der Waals surface area contributed by atoms with Gasteiger partial charge in [0.1, 0.15) is 4.88 Å². The van der Waals surface area contributed by atoms with Crippen LogP contribution in [-0.2, 0) is 11.2 Å². The summed E-state index contributed by atoms with van der Waals surface area (Å²) in [6, 6.07) is 3.94. The SMILES string of the molecule is COC(=O)c1cnc(NCCc2cccnc2)s1. The number of carbonyl (C=O) groups is 1. The van der Waals surface area contributed by atoms with Crippen molar-refractivity contribution in [2.45, 2.75) is 6.42 Å². The van der Waals surface area contributed by atoms with E-state index in [0.29, 0.717) is 4.88 Å². The van der Waals surface area contributed by atoms with Crippen LogP contribution in [0.25, 0.3) is 0 Å². The number of carbonyl (C=O) groups excluding carboxylic acids is 1. The van der Waals surface area contributed by atoms with Gasteiger partial charge < -0.3 is 10.1 Å². The summed E-state index contributed by atoms with van der Waals surface area (Å²) in [6.07, 6.45) is 5.97. The molecule has 0 radical (unpaired) electrons. The molecular formula is C12H13N3O2S. The Kier molecular flexibility index (Phi) is 4.25. The maximum atomic E-state index is 11.2. The van der Waals surface area contributed by atoms with E-state index < -0.39 is 0 Å². The Labute approximate surface area is 109 Å². The van der Waals surface area contributed by atoms with Crippen LogP contribution in [0.1, 0.15) is 15.2 Å². The van der Waals surface area contributed by atoms with Gasteiger partial charge in [0, 0.05) is 18.9 Å². The van der Waals surface area contributed by atoms with Gasteiger partial charge in [-0.3, -0.25) is 4.98 Å². The van der Waals surface area contributed by atoms with Crippen LogP contribution in [0, 0.1) is 0 Å². The van der Waals surface area contributed by atoms with E-state index in [-0.39, 0.29) is 5.97 Å². The first-order valence-corrected chi connectivity index (χ1v) is 6.28. The summed E-state index contributed by atoms with van der Waals surface area (Å²) in [5, 5.41) is 3.89. The van der Waals surface area contributed by atoms with Gasteiger partial charge in [-0.25, -0.2) is 9.78 Å². The van der Waals surface area contributed by atoms with Crippen LogP contribution in [0.4, 0.5) is 5.13 Å². The molecule has 0 spiro atoms. The number of hydrogen-bond acceptors (Lipinski definition) is 6. The number of anilines is 1. The second-order valence-corrected chi connectivity index (χ2v) is 4.59. The standard InChI is InChI=1S/C12H13N3O2S/c1-17-11(16)10-8-15-12(18-10)14-6-4-9-3-2-5-13-7-9/h2-3,5,7-8H,4,6H2,1H3,(H,14,15). The number of thiazole rings is 1. The lowest BCUT2D eigenvalue weighted by Crippen LogP contribution is -2.04. The van der Waals surface area contributed by atoms with Crippen molar-refractivity contribution in [2.24, 2.45) is 0 Å². The van der Waals surface area contributed by atoms with E-state index in [2.05, 4.69) is 20.0 Å². The van der Waals surface area contributed by atoms with Crippen molar-refractivity contribution in [3.05, 3.63) is 41.2 Å². The number of esters is 1. The number of methoxy groups -OCH3 is 1. The molecule has 0 unspecified atom stereocenters. The molecule has 0 aliphatic rings. The zero-order valence-corrected chi connectivity index (χ0v) is 10.7. The zero-order valence-electron chi connectivity index (χ0n) is 9.92. The Morgan fingerprint density at radius 2 is 2.39 bits per heavy atom. The largest absolute Gasteiger partial charge is 0.465 e. The Morgan fingerprint density at radius 3 is 3.11 bits per heavy atom. The van der Waals surface area contributed by atoms with Gasteiger partial charge in [0.05, 0.1) is 13.3 Å². The van der Waals surface area contributed by atoms with Gasteiger partial charge in [-0.2, -0.15) is 0 Å². The van der Waals surface area contributed by atoms with Gasteiger partial charge >= 0.3 is 5.97 Å². The van der Waals surface area contributed by atoms with E-state index in [9.17, 15) is 4.79 Å². The van der Waals surface area contributed by atoms with Gasteiger partial charge in [-0.05, 0) is 18.1 Å². The highest BCUT2D eigenvalue weighted by molar-refractivity contribution is 7.17. The molecule has 0 fully saturated rings. The smallest absolute Gasteiger partial charge is 0.349 e. The van der Waals surface area contributed by atoms with Gasteiger partial charge in [-0.15, -0.1) is 0 Å². The fourth-order valence-electron chi connectivity index (χ4n) is 1.41. The predicted octanol–water partition coefficient (Wildman–Crippen LogP) is 1.98. The van der Waals surface area contributed by atoms with Crippen molar-refractivity contribution < 1.29 is 9.53 Å². The molecule has 2 aromatic heterocycles. The minimum absolute atomic E-state index is 0.354. The highest BCUT2D eigenvalue weighted by atomic mass is 32.1. The van der Waals surface area contributed by atoms with Crippen molar-refractivity contribution in [1.82, 2.24) is 9.97 Å². The molecular weight excluding hydrogens is 250 g/mol. The van der Waals surface area contributed by atoms with Crippen LogP contribution in [0.3, 0.4) is 0 Å². The molecule has 2 aromatic rings. The van der Waals surface area contributed by atoms with Crippen molar-refractivity contribution in [1.29, 1.82) is 0 Å². The molecule has 0 bridgehead atoms. The summed E-state index contributed by atoms with van der Waals surface area (Å²) in [7, 11) is 1.36. The van der Waals surface area contributed by atoms with Crippen LogP contribution in [-0.4, -0.2) is 29.6 Å². The Balaban J connectivity index is 1.84. The topological polar surface area (TPSA) is 64.1 Å². The first-order valence-electron chi connectivity index (χ1n) is 5.46. The van der Waals surface area contributed by atoms with Gasteiger partial charge in [0.25, 0.3) is 0 Å². The van der Waals surface area contributed by atoms with Crippen LogP contribution in [0.2, 0.25) is 0 Å². The van der Waals surface area contributed by atoms with E-state index in [1.54, 1.807) is 6.20 Å². The third-order valence-corrected chi connectivity index (χ3v) is 3.24. The van der Waals surface area contributed by atoms with E-state index >= 15 is 0 Å². The molecule has 18 heavy (non-hydrogen) atoms. The summed E-state index contributed by atoms with van der Waals surface area (Å²) in [4.78, 5) is 19.9. The molecule has 0 aliphatic heterocycles. The second-order valence-electron chi connectivity index (χ2n) is 3.56. The summed E-state index contributed by atoms with van der Waals surface area (Å²) >= 11 is 1.29. The highest BCUT2D eigenvalue weighted by Gasteiger charge is 2.09. The molecule has 0 saturated heterocycles. The van der Waals surface area contributed by atoms with E-state index in [1.165, 1.54) is 24.6 Å². The maximum absolute atomic E-state index is 11.2. The first-order chi connectivity index (χ1) is 8.79. The van der Waals surface area contributed by atoms with E-state index in [4.69, 9.17) is 0 Å². The lowest BCUT2D eigenvalue weighted by atomic mass is 10.2. The van der Waals surface area contributed by atoms with E-state index in [0.717, 1.165) is 23.7 Å². The molecule has 2 rings (SSSR count). The van der Waals surface area contributed by atoms with Crippen LogP contribution in [0.5, 0.6) is 0 Å². The number of rotatable bonds is 5. The Morgan fingerprint density at radius 1 is 1.50 bits per heavy atom. The Bertz CT molecular complexity index is 513. The molecule has 0 saturated carbocycles. The van der Waals surface area contributed by atoms with Crippen molar-refractivity contribution in [3.8, 4) is 0 Å². The Hall–Kier alpha value is -1.95. The van der Waals surface area contributed by atoms with Crippen molar-refractivity contribution in [3.63, 3.8) is 0 Å². The molecule has 1 N–H and O–H groups in total. The molecule has 2 heterocycles. The highest BCUT2D eigenvalue weighted by Crippen LogP contribution is 2.18. The summed E-state index contributed by atoms with van der Waals surface area (Å²) in [6.45, 7) is 0.750.